The summed E-state index contributed by atoms with van der Waals surface area (Å²) < 4.78 is 34.4. The average molecular weight is 421 g/mol. The van der Waals surface area contributed by atoms with E-state index < -0.39 is 16.1 Å². The van der Waals surface area contributed by atoms with Gasteiger partial charge < -0.3 is 14.7 Å². The Morgan fingerprint density at radius 3 is 2.59 bits per heavy atom. The molecule has 9 heteroatoms. The second-order valence-corrected chi connectivity index (χ2v) is 9.65. The molecule has 0 unspecified atom stereocenters. The van der Waals surface area contributed by atoms with E-state index in [0.29, 0.717) is 12.3 Å². The van der Waals surface area contributed by atoms with Gasteiger partial charge in [0.2, 0.25) is 10.0 Å². The van der Waals surface area contributed by atoms with Crippen molar-refractivity contribution >= 4 is 10.0 Å². The highest BCUT2D eigenvalue weighted by molar-refractivity contribution is 7.89. The number of fused-ring (bicyclic) bond motifs is 1. The lowest BCUT2D eigenvalue weighted by molar-refractivity contribution is 0.0813. The third kappa shape index (κ3) is 4.58. The number of aliphatic hydroxyl groups excluding tert-OH is 1. The van der Waals surface area contributed by atoms with Gasteiger partial charge in [-0.3, -0.25) is 0 Å². The highest BCUT2D eigenvalue weighted by Crippen LogP contribution is 2.36. The van der Waals surface area contributed by atoms with Gasteiger partial charge in [-0.25, -0.2) is 18.4 Å². The summed E-state index contributed by atoms with van der Waals surface area (Å²) in [5.41, 5.74) is 1.55. The molecule has 1 N–H and O–H groups in total. The number of ether oxygens (including phenoxy) is 1. The molecule has 2 heterocycles. The van der Waals surface area contributed by atoms with Crippen LogP contribution in [-0.2, 0) is 10.0 Å². The molecule has 1 aromatic heterocycles. The van der Waals surface area contributed by atoms with Gasteiger partial charge in [0.1, 0.15) is 23.1 Å². The smallest absolute Gasteiger partial charge is 0.247 e. The summed E-state index contributed by atoms with van der Waals surface area (Å²) in [6, 6.07) is 4.49. The minimum absolute atomic E-state index is 0.0713. The van der Waals surface area contributed by atoms with Crippen LogP contribution in [0.15, 0.2) is 41.8 Å². The summed E-state index contributed by atoms with van der Waals surface area (Å²) in [7, 11) is 0.0791. The summed E-state index contributed by atoms with van der Waals surface area (Å²) >= 11 is 0. The highest BCUT2D eigenvalue weighted by atomic mass is 32.2. The first-order valence-corrected chi connectivity index (χ1v) is 11.0. The van der Waals surface area contributed by atoms with Gasteiger partial charge in [0, 0.05) is 43.0 Å². The Kier molecular flexibility index (Phi) is 6.52. The monoisotopic (exact) mass is 420 g/mol. The molecule has 2 aromatic rings. The maximum absolute atomic E-state index is 13.4. The van der Waals surface area contributed by atoms with Crippen molar-refractivity contribution in [2.45, 2.75) is 30.9 Å². The second-order valence-electron chi connectivity index (χ2n) is 7.79. The first-order valence-electron chi connectivity index (χ1n) is 9.57. The van der Waals surface area contributed by atoms with Crippen molar-refractivity contribution < 1.29 is 18.3 Å². The maximum atomic E-state index is 13.4. The number of hydrogen-bond donors (Lipinski definition) is 1. The Balaban J connectivity index is 2.14. The molecule has 3 rings (SSSR count). The largest absolute Gasteiger partial charge is 0.487 e. The minimum Gasteiger partial charge on any atom is -0.487 e. The standard InChI is InChI=1S/C20H28N4O4S/c1-14-10-24(15(2)12-25)29(26,27)20-6-5-16(17-8-21-13-22-9-17)7-18(20)28-19(14)11-23(3)4/h5-9,13-15,19,25H,10-12H2,1-4H3/t14-,15-,19+/m1/s1. The first kappa shape index (κ1) is 21.6. The van der Waals surface area contributed by atoms with Crippen molar-refractivity contribution in [1.29, 1.82) is 0 Å². The van der Waals surface area contributed by atoms with Crippen LogP contribution >= 0.6 is 0 Å². The lowest BCUT2D eigenvalue weighted by atomic mass is 10.0. The Morgan fingerprint density at radius 2 is 1.97 bits per heavy atom. The third-order valence-corrected chi connectivity index (χ3v) is 7.13. The zero-order valence-electron chi connectivity index (χ0n) is 17.2. The summed E-state index contributed by atoms with van der Waals surface area (Å²) in [5.74, 6) is 0.234. The predicted molar refractivity (Wildman–Crippen MR) is 110 cm³/mol. The van der Waals surface area contributed by atoms with E-state index in [-0.39, 0.29) is 30.1 Å². The van der Waals surface area contributed by atoms with Crippen LogP contribution in [0.1, 0.15) is 13.8 Å². The molecule has 1 aliphatic heterocycles. The molecule has 1 aliphatic rings. The molecule has 158 valence electrons. The minimum atomic E-state index is -3.83. The van der Waals surface area contributed by atoms with Gasteiger partial charge >= 0.3 is 0 Å². The zero-order valence-corrected chi connectivity index (χ0v) is 18.0. The molecule has 1 aromatic carbocycles. The quantitative estimate of drug-likeness (QED) is 0.783. The van der Waals surface area contributed by atoms with Gasteiger partial charge in [-0.1, -0.05) is 13.0 Å². The molecule has 8 nitrogen and oxygen atoms in total. The molecule has 0 bridgehead atoms. The van der Waals surface area contributed by atoms with Gasteiger partial charge in [-0.05, 0) is 38.7 Å². The van der Waals surface area contributed by atoms with E-state index in [9.17, 15) is 13.5 Å². The van der Waals surface area contributed by atoms with E-state index in [2.05, 4.69) is 9.97 Å². The Labute approximate surface area is 172 Å². The van der Waals surface area contributed by atoms with Crippen molar-refractivity contribution in [2.75, 3.05) is 33.8 Å². The number of benzene rings is 1. The molecule has 0 spiro atoms. The highest BCUT2D eigenvalue weighted by Gasteiger charge is 2.37. The van der Waals surface area contributed by atoms with Gasteiger partial charge in [0.05, 0.1) is 6.61 Å². The normalized spacial score (nSPS) is 23.0. The van der Waals surface area contributed by atoms with Gasteiger partial charge in [0.15, 0.2) is 0 Å². The lowest BCUT2D eigenvalue weighted by Gasteiger charge is -2.37. The topological polar surface area (TPSA) is 95.9 Å². The summed E-state index contributed by atoms with van der Waals surface area (Å²) in [4.78, 5) is 10.2. The number of aliphatic hydroxyl groups is 1. The molecule has 0 amide bonds. The fourth-order valence-corrected chi connectivity index (χ4v) is 5.26. The van der Waals surface area contributed by atoms with Gasteiger partial charge in [0.25, 0.3) is 0 Å². The van der Waals surface area contributed by atoms with E-state index >= 15 is 0 Å². The number of rotatable bonds is 5. The van der Waals surface area contributed by atoms with Crippen LogP contribution in [0.5, 0.6) is 5.75 Å². The third-order valence-electron chi connectivity index (χ3n) is 5.11. The van der Waals surface area contributed by atoms with E-state index in [1.807, 2.05) is 25.9 Å². The Hall–Kier alpha value is -2.07. The van der Waals surface area contributed by atoms with Crippen molar-refractivity contribution in [3.8, 4) is 16.9 Å². The number of sulfonamides is 1. The molecular formula is C20H28N4O4S. The van der Waals surface area contributed by atoms with Crippen LogP contribution in [0.4, 0.5) is 0 Å². The van der Waals surface area contributed by atoms with E-state index in [1.54, 1.807) is 37.5 Å². The van der Waals surface area contributed by atoms with Crippen LogP contribution < -0.4 is 4.74 Å². The summed E-state index contributed by atoms with van der Waals surface area (Å²) in [6.45, 7) is 4.35. The fourth-order valence-electron chi connectivity index (χ4n) is 3.43. The van der Waals surface area contributed by atoms with Crippen LogP contribution in [-0.4, -0.2) is 78.6 Å². The van der Waals surface area contributed by atoms with Crippen LogP contribution in [0.3, 0.4) is 0 Å². The van der Waals surface area contributed by atoms with Crippen LogP contribution in [0.2, 0.25) is 0 Å². The van der Waals surface area contributed by atoms with Gasteiger partial charge in [-0.15, -0.1) is 0 Å². The molecule has 0 saturated carbocycles. The van der Waals surface area contributed by atoms with E-state index in [0.717, 1.165) is 11.1 Å². The fraction of sp³-hybridized carbons (Fsp3) is 0.500. The van der Waals surface area contributed by atoms with Crippen molar-refractivity contribution in [3.63, 3.8) is 0 Å². The first-order chi connectivity index (χ1) is 13.7. The molecule has 0 saturated heterocycles. The molecule has 0 aliphatic carbocycles. The van der Waals surface area contributed by atoms with E-state index in [4.69, 9.17) is 4.74 Å². The maximum Gasteiger partial charge on any atom is 0.247 e. The second kappa shape index (κ2) is 8.74. The lowest BCUT2D eigenvalue weighted by Crippen LogP contribution is -2.49. The molecular weight excluding hydrogens is 392 g/mol. The van der Waals surface area contributed by atoms with Gasteiger partial charge in [-0.2, -0.15) is 4.31 Å². The van der Waals surface area contributed by atoms with Crippen molar-refractivity contribution in [3.05, 3.63) is 36.9 Å². The number of nitrogens with zero attached hydrogens (tertiary/aromatic N) is 4. The number of aromatic nitrogens is 2. The van der Waals surface area contributed by atoms with Crippen molar-refractivity contribution in [2.24, 2.45) is 5.92 Å². The zero-order chi connectivity index (χ0) is 21.2. The molecule has 0 radical (unpaired) electrons. The molecule has 29 heavy (non-hydrogen) atoms. The summed E-state index contributed by atoms with van der Waals surface area (Å²) in [5, 5.41) is 9.66. The molecule has 0 fully saturated rings. The van der Waals surface area contributed by atoms with Crippen LogP contribution in [0.25, 0.3) is 11.1 Å². The SMILES string of the molecule is C[C@@H]1CN([C@H](C)CO)S(=O)(=O)c2ccc(-c3cncnc3)cc2O[C@H]1CN(C)C. The van der Waals surface area contributed by atoms with Crippen LogP contribution in [0, 0.1) is 5.92 Å². The number of likely N-dealkylation sites (N-methyl/N-ethyl adjacent to an activating group) is 1. The van der Waals surface area contributed by atoms with E-state index in [1.165, 1.54) is 10.6 Å². The molecule has 3 atom stereocenters. The number of hydrogen-bond acceptors (Lipinski definition) is 7. The predicted octanol–water partition coefficient (Wildman–Crippen LogP) is 1.47. The average Bonchev–Trinajstić information content (AvgIpc) is 2.70. The summed E-state index contributed by atoms with van der Waals surface area (Å²) in [6.07, 6.45) is 4.58. The Bertz CT molecular complexity index is 937. The Morgan fingerprint density at radius 1 is 1.28 bits per heavy atom. The van der Waals surface area contributed by atoms with Crippen molar-refractivity contribution in [1.82, 2.24) is 19.2 Å².